The van der Waals surface area contributed by atoms with Gasteiger partial charge in [-0.3, -0.25) is 9.78 Å². The number of thioether (sulfide) groups is 1. The van der Waals surface area contributed by atoms with E-state index in [1.807, 2.05) is 36.4 Å². The number of hydrogen-bond acceptors (Lipinski definition) is 5. The van der Waals surface area contributed by atoms with Gasteiger partial charge in [-0.15, -0.1) is 0 Å². The van der Waals surface area contributed by atoms with Gasteiger partial charge in [0.2, 0.25) is 0 Å². The van der Waals surface area contributed by atoms with E-state index in [2.05, 4.69) is 20.3 Å². The van der Waals surface area contributed by atoms with Crippen molar-refractivity contribution in [1.29, 1.82) is 0 Å². The highest BCUT2D eigenvalue weighted by Crippen LogP contribution is 2.29. The average molecular weight is 367 g/mol. The Morgan fingerprint density at radius 3 is 2.88 bits per heavy atom. The Bertz CT molecular complexity index is 1030. The number of carbonyl (C=O) groups is 1. The van der Waals surface area contributed by atoms with E-state index in [0.29, 0.717) is 20.9 Å². The van der Waals surface area contributed by atoms with Crippen molar-refractivity contribution in [3.63, 3.8) is 0 Å². The first-order valence-corrected chi connectivity index (χ1v) is 8.63. The molecule has 0 unspecified atom stereocenters. The summed E-state index contributed by atoms with van der Waals surface area (Å²) in [6.07, 6.45) is 5.12. The highest BCUT2D eigenvalue weighted by molar-refractivity contribution is 8.18. The summed E-state index contributed by atoms with van der Waals surface area (Å²) < 4.78 is 0. The SMILES string of the molecule is O=C1N=C(Nc2ccc(Cl)cn2)SC1=Cc1ccc2ncccc2c1. The lowest BCUT2D eigenvalue weighted by Gasteiger charge is -2.03. The predicted molar refractivity (Wildman–Crippen MR) is 103 cm³/mol. The summed E-state index contributed by atoms with van der Waals surface area (Å²) in [5.74, 6) is 0.314. The number of halogens is 1. The van der Waals surface area contributed by atoms with Gasteiger partial charge >= 0.3 is 0 Å². The fourth-order valence-electron chi connectivity index (χ4n) is 2.36. The van der Waals surface area contributed by atoms with Crippen LogP contribution in [-0.2, 0) is 4.79 Å². The molecule has 1 aliphatic rings. The summed E-state index contributed by atoms with van der Waals surface area (Å²) in [5.41, 5.74) is 1.85. The van der Waals surface area contributed by atoms with Crippen molar-refractivity contribution in [2.24, 2.45) is 4.99 Å². The van der Waals surface area contributed by atoms with E-state index >= 15 is 0 Å². The number of fused-ring (bicyclic) bond motifs is 1. The number of anilines is 1. The molecule has 1 aromatic carbocycles. The standard InChI is InChI=1S/C18H11ClN4OS/c19-13-4-6-16(21-10-13)22-18-23-17(24)15(25-18)9-11-3-5-14-12(8-11)2-1-7-20-14/h1-10H,(H,21,22,23,24). The Hall–Kier alpha value is -2.70. The van der Waals surface area contributed by atoms with E-state index in [1.165, 1.54) is 18.0 Å². The van der Waals surface area contributed by atoms with Crippen LogP contribution in [0.4, 0.5) is 5.82 Å². The third-order valence-electron chi connectivity index (χ3n) is 3.51. The number of pyridine rings is 2. The minimum absolute atomic E-state index is 0.271. The van der Waals surface area contributed by atoms with Crippen molar-refractivity contribution in [3.8, 4) is 0 Å². The number of amides is 1. The van der Waals surface area contributed by atoms with Gasteiger partial charge in [-0.1, -0.05) is 23.7 Å². The van der Waals surface area contributed by atoms with E-state index < -0.39 is 0 Å². The minimum atomic E-state index is -0.271. The Kier molecular flexibility index (Phi) is 4.21. The number of nitrogens with zero attached hydrogens (tertiary/aromatic N) is 3. The number of aliphatic imine (C=N–C) groups is 1. The van der Waals surface area contributed by atoms with Crippen LogP contribution in [0.5, 0.6) is 0 Å². The maximum Gasteiger partial charge on any atom is 0.286 e. The molecular weight excluding hydrogens is 356 g/mol. The zero-order valence-corrected chi connectivity index (χ0v) is 14.4. The third kappa shape index (κ3) is 3.55. The van der Waals surface area contributed by atoms with Gasteiger partial charge in [0.15, 0.2) is 5.17 Å². The van der Waals surface area contributed by atoms with Crippen LogP contribution in [0, 0.1) is 0 Å². The molecule has 0 bridgehead atoms. The molecule has 0 atom stereocenters. The smallest absolute Gasteiger partial charge is 0.286 e. The fourth-order valence-corrected chi connectivity index (χ4v) is 3.29. The monoisotopic (exact) mass is 366 g/mol. The normalized spacial score (nSPS) is 15.6. The number of hydrogen-bond donors (Lipinski definition) is 1. The van der Waals surface area contributed by atoms with E-state index in [4.69, 9.17) is 11.6 Å². The van der Waals surface area contributed by atoms with Gasteiger partial charge in [-0.25, -0.2) is 4.98 Å². The summed E-state index contributed by atoms with van der Waals surface area (Å²) in [5, 5.41) is 5.08. The molecule has 122 valence electrons. The summed E-state index contributed by atoms with van der Waals surface area (Å²) in [6, 6.07) is 13.2. The third-order valence-corrected chi connectivity index (χ3v) is 4.63. The molecule has 5 nitrogen and oxygen atoms in total. The first kappa shape index (κ1) is 15.8. The second kappa shape index (κ2) is 6.66. The molecule has 3 heterocycles. The molecule has 25 heavy (non-hydrogen) atoms. The van der Waals surface area contributed by atoms with Gasteiger partial charge in [-0.05, 0) is 53.7 Å². The summed E-state index contributed by atoms with van der Waals surface area (Å²) >= 11 is 7.09. The number of benzene rings is 1. The number of carbonyl (C=O) groups excluding carboxylic acids is 1. The van der Waals surface area contributed by atoms with Gasteiger partial charge < -0.3 is 5.32 Å². The zero-order chi connectivity index (χ0) is 17.2. The lowest BCUT2D eigenvalue weighted by molar-refractivity contribution is -0.113. The molecule has 7 heteroatoms. The molecule has 3 aromatic rings. The van der Waals surface area contributed by atoms with Crippen LogP contribution in [0.25, 0.3) is 17.0 Å². The predicted octanol–water partition coefficient (Wildman–Crippen LogP) is 4.37. The number of rotatable bonds is 2. The van der Waals surface area contributed by atoms with Crippen molar-refractivity contribution in [1.82, 2.24) is 9.97 Å². The van der Waals surface area contributed by atoms with Crippen LogP contribution in [0.1, 0.15) is 5.56 Å². The second-order valence-corrected chi connectivity index (χ2v) is 6.74. The van der Waals surface area contributed by atoms with Gasteiger partial charge in [0.1, 0.15) is 5.82 Å². The molecule has 0 radical (unpaired) electrons. The van der Waals surface area contributed by atoms with E-state index in [-0.39, 0.29) is 5.91 Å². The highest BCUT2D eigenvalue weighted by atomic mass is 35.5. The van der Waals surface area contributed by atoms with Crippen LogP contribution in [0.15, 0.2) is 64.8 Å². The Morgan fingerprint density at radius 1 is 1.12 bits per heavy atom. The second-order valence-electron chi connectivity index (χ2n) is 5.27. The number of aromatic nitrogens is 2. The molecule has 1 aliphatic heterocycles. The van der Waals surface area contributed by atoms with Crippen molar-refractivity contribution in [2.75, 3.05) is 5.32 Å². The van der Waals surface area contributed by atoms with E-state index in [1.54, 1.807) is 18.3 Å². The van der Waals surface area contributed by atoms with Crippen molar-refractivity contribution >= 4 is 57.2 Å². The molecule has 0 saturated carbocycles. The maximum atomic E-state index is 12.1. The summed E-state index contributed by atoms with van der Waals surface area (Å²) in [7, 11) is 0. The molecular formula is C18H11ClN4OS. The summed E-state index contributed by atoms with van der Waals surface area (Å²) in [6.45, 7) is 0. The van der Waals surface area contributed by atoms with Gasteiger partial charge in [-0.2, -0.15) is 4.99 Å². The molecule has 0 saturated heterocycles. The lowest BCUT2D eigenvalue weighted by atomic mass is 10.1. The van der Waals surface area contributed by atoms with Crippen LogP contribution >= 0.6 is 23.4 Å². The first-order valence-electron chi connectivity index (χ1n) is 7.43. The summed E-state index contributed by atoms with van der Waals surface area (Å²) in [4.78, 5) is 25.1. The van der Waals surface area contributed by atoms with Crippen molar-refractivity contribution in [3.05, 3.63) is 70.3 Å². The first-order chi connectivity index (χ1) is 12.2. The minimum Gasteiger partial charge on any atom is -0.319 e. The van der Waals surface area contributed by atoms with Gasteiger partial charge in [0, 0.05) is 17.8 Å². The van der Waals surface area contributed by atoms with E-state index in [9.17, 15) is 4.79 Å². The molecule has 0 aliphatic carbocycles. The zero-order valence-electron chi connectivity index (χ0n) is 12.8. The molecule has 1 N–H and O–H groups in total. The fraction of sp³-hybridized carbons (Fsp3) is 0. The van der Waals surface area contributed by atoms with Crippen LogP contribution < -0.4 is 5.32 Å². The quantitative estimate of drug-likeness (QED) is 0.682. The van der Waals surface area contributed by atoms with E-state index in [0.717, 1.165) is 16.5 Å². The van der Waals surface area contributed by atoms with Gasteiger partial charge in [0.25, 0.3) is 5.91 Å². The van der Waals surface area contributed by atoms with Crippen LogP contribution in [0.3, 0.4) is 0 Å². The topological polar surface area (TPSA) is 67.2 Å². The Labute approximate surface area is 152 Å². The average Bonchev–Trinajstić information content (AvgIpc) is 2.96. The molecule has 2 aromatic heterocycles. The van der Waals surface area contributed by atoms with Crippen LogP contribution in [-0.4, -0.2) is 21.0 Å². The Balaban J connectivity index is 1.54. The Morgan fingerprint density at radius 2 is 2.04 bits per heavy atom. The van der Waals surface area contributed by atoms with Crippen molar-refractivity contribution < 1.29 is 4.79 Å². The number of amidine groups is 1. The lowest BCUT2D eigenvalue weighted by Crippen LogP contribution is -2.06. The molecule has 1 amide bonds. The largest absolute Gasteiger partial charge is 0.319 e. The van der Waals surface area contributed by atoms with Crippen molar-refractivity contribution in [2.45, 2.75) is 0 Å². The number of nitrogens with one attached hydrogen (secondary N) is 1. The molecule has 0 spiro atoms. The highest BCUT2D eigenvalue weighted by Gasteiger charge is 2.22. The maximum absolute atomic E-state index is 12.1. The van der Waals surface area contributed by atoms with Gasteiger partial charge in [0.05, 0.1) is 15.4 Å². The molecule has 4 rings (SSSR count). The van der Waals surface area contributed by atoms with Crippen LogP contribution in [0.2, 0.25) is 5.02 Å². The molecule has 0 fully saturated rings.